The van der Waals surface area contributed by atoms with Crippen LogP contribution < -0.4 is 5.32 Å². The number of nitrogens with one attached hydrogen (secondary N) is 1. The van der Waals surface area contributed by atoms with Crippen molar-refractivity contribution in [1.82, 2.24) is 5.32 Å². The van der Waals surface area contributed by atoms with Crippen molar-refractivity contribution in [2.75, 3.05) is 0 Å². The molecule has 0 aliphatic carbocycles. The lowest BCUT2D eigenvalue weighted by Crippen LogP contribution is -2.43. The molecule has 92 valence electrons. The van der Waals surface area contributed by atoms with Gasteiger partial charge in [-0.05, 0) is 25.0 Å². The molecule has 17 heavy (non-hydrogen) atoms. The fourth-order valence-electron chi connectivity index (χ4n) is 1.60. The van der Waals surface area contributed by atoms with Gasteiger partial charge in [0.25, 0.3) is 5.91 Å². The topological polar surface area (TPSA) is 46.2 Å². The molecule has 3 nitrogen and oxygen atoms in total. The number of hydrogen-bond donors (Lipinski definition) is 1. The zero-order valence-corrected chi connectivity index (χ0v) is 10.9. The maximum Gasteiger partial charge on any atom is 0.253 e. The summed E-state index contributed by atoms with van der Waals surface area (Å²) in [5.41, 5.74) is 0.390. The molecule has 0 radical (unpaired) electrons. The summed E-state index contributed by atoms with van der Waals surface area (Å²) in [6, 6.07) is 6.30. The van der Waals surface area contributed by atoms with E-state index >= 15 is 0 Å². The summed E-state index contributed by atoms with van der Waals surface area (Å²) in [4.78, 5) is 23.3. The molecule has 1 rings (SSSR count). The van der Waals surface area contributed by atoms with Crippen LogP contribution in [0.1, 0.15) is 31.1 Å². The normalized spacial score (nSPS) is 12.3. The molecule has 1 amide bonds. The Hall–Kier alpha value is -1.35. The lowest BCUT2D eigenvalue weighted by Gasteiger charge is -2.19. The molecule has 0 heterocycles. The maximum absolute atomic E-state index is 11.9. The average Bonchev–Trinajstić information content (AvgIpc) is 2.25. The molecule has 1 N–H and O–H groups in total. The van der Waals surface area contributed by atoms with Crippen LogP contribution in [0.4, 0.5) is 0 Å². The average molecular weight is 254 g/mol. The quantitative estimate of drug-likeness (QED) is 0.897. The van der Waals surface area contributed by atoms with Crippen LogP contribution in [0.5, 0.6) is 0 Å². The van der Waals surface area contributed by atoms with Gasteiger partial charge in [-0.15, -0.1) is 0 Å². The zero-order valence-electron chi connectivity index (χ0n) is 10.2. The number of rotatable bonds is 4. The smallest absolute Gasteiger partial charge is 0.253 e. The second-order valence-electron chi connectivity index (χ2n) is 4.29. The number of benzene rings is 1. The highest BCUT2D eigenvalue weighted by Crippen LogP contribution is 2.15. The van der Waals surface area contributed by atoms with Gasteiger partial charge >= 0.3 is 0 Å². The Labute approximate surface area is 106 Å². The standard InChI is InChI=1S/C13H16ClNO2/c1-8(2)12(9(3)16)15-13(17)10-6-4-5-7-11(10)14/h4-8,12H,1-3H3,(H,15,17)/t12-/m0/s1. The van der Waals surface area contributed by atoms with Gasteiger partial charge in [0.1, 0.15) is 0 Å². The van der Waals surface area contributed by atoms with E-state index in [1.807, 2.05) is 13.8 Å². The van der Waals surface area contributed by atoms with E-state index in [2.05, 4.69) is 5.32 Å². The van der Waals surface area contributed by atoms with Crippen molar-refractivity contribution in [3.8, 4) is 0 Å². The number of ketones is 1. The van der Waals surface area contributed by atoms with Crippen LogP contribution in [0.15, 0.2) is 24.3 Å². The van der Waals surface area contributed by atoms with Gasteiger partial charge in [-0.25, -0.2) is 0 Å². The van der Waals surface area contributed by atoms with Gasteiger partial charge < -0.3 is 5.32 Å². The minimum absolute atomic E-state index is 0.0546. The van der Waals surface area contributed by atoms with Gasteiger partial charge in [0, 0.05) is 0 Å². The summed E-state index contributed by atoms with van der Waals surface area (Å²) >= 11 is 5.92. The maximum atomic E-state index is 11.9. The SMILES string of the molecule is CC(=O)[C@@H](NC(=O)c1ccccc1Cl)C(C)C. The van der Waals surface area contributed by atoms with Gasteiger partial charge in [0.2, 0.25) is 0 Å². The van der Waals surface area contributed by atoms with E-state index in [0.717, 1.165) is 0 Å². The van der Waals surface area contributed by atoms with Crippen LogP contribution in [0.3, 0.4) is 0 Å². The lowest BCUT2D eigenvalue weighted by atomic mass is 10.0. The number of amides is 1. The third-order valence-electron chi connectivity index (χ3n) is 2.51. The zero-order chi connectivity index (χ0) is 13.0. The molecule has 4 heteroatoms. The van der Waals surface area contributed by atoms with Crippen LogP contribution in [0, 0.1) is 5.92 Å². The van der Waals surface area contributed by atoms with Gasteiger partial charge in [-0.1, -0.05) is 37.6 Å². The number of carbonyl (C=O) groups is 2. The van der Waals surface area contributed by atoms with E-state index in [0.29, 0.717) is 10.6 Å². The van der Waals surface area contributed by atoms with E-state index in [-0.39, 0.29) is 17.6 Å². The Morgan fingerprint density at radius 2 is 1.82 bits per heavy atom. The second-order valence-corrected chi connectivity index (χ2v) is 4.69. The largest absolute Gasteiger partial charge is 0.342 e. The number of halogens is 1. The van der Waals surface area contributed by atoms with Gasteiger partial charge in [0.05, 0.1) is 16.6 Å². The predicted molar refractivity (Wildman–Crippen MR) is 68.2 cm³/mol. The van der Waals surface area contributed by atoms with E-state index in [1.165, 1.54) is 6.92 Å². The van der Waals surface area contributed by atoms with Crippen molar-refractivity contribution >= 4 is 23.3 Å². The highest BCUT2D eigenvalue weighted by atomic mass is 35.5. The van der Waals surface area contributed by atoms with Crippen molar-refractivity contribution < 1.29 is 9.59 Å². The predicted octanol–water partition coefficient (Wildman–Crippen LogP) is 2.68. The Bertz CT molecular complexity index is 429. The first-order chi connectivity index (χ1) is 7.93. The number of carbonyl (C=O) groups excluding carboxylic acids is 2. The van der Waals surface area contributed by atoms with Crippen molar-refractivity contribution in [1.29, 1.82) is 0 Å². The molecular weight excluding hydrogens is 238 g/mol. The third kappa shape index (κ3) is 3.56. The van der Waals surface area contributed by atoms with Crippen LogP contribution >= 0.6 is 11.6 Å². The highest BCUT2D eigenvalue weighted by molar-refractivity contribution is 6.33. The monoisotopic (exact) mass is 253 g/mol. The van der Waals surface area contributed by atoms with Gasteiger partial charge in [-0.2, -0.15) is 0 Å². The summed E-state index contributed by atoms with van der Waals surface area (Å²) in [5, 5.41) is 3.09. The molecule has 1 atom stereocenters. The summed E-state index contributed by atoms with van der Waals surface area (Å²) < 4.78 is 0. The van der Waals surface area contributed by atoms with Crippen molar-refractivity contribution in [2.24, 2.45) is 5.92 Å². The van der Waals surface area contributed by atoms with Crippen LogP contribution in [0.25, 0.3) is 0 Å². The van der Waals surface area contributed by atoms with Crippen molar-refractivity contribution in [3.63, 3.8) is 0 Å². The molecule has 1 aromatic carbocycles. The van der Waals surface area contributed by atoms with Crippen LogP contribution in [-0.4, -0.2) is 17.7 Å². The van der Waals surface area contributed by atoms with E-state index in [9.17, 15) is 9.59 Å². The Balaban J connectivity index is 2.85. The first-order valence-electron chi connectivity index (χ1n) is 5.49. The molecule has 0 aromatic heterocycles. The second kappa shape index (κ2) is 5.82. The van der Waals surface area contributed by atoms with Gasteiger partial charge in [0.15, 0.2) is 5.78 Å². The molecule has 0 aliphatic heterocycles. The molecule has 0 unspecified atom stereocenters. The Morgan fingerprint density at radius 3 is 2.29 bits per heavy atom. The summed E-state index contributed by atoms with van der Waals surface area (Å²) in [7, 11) is 0. The Morgan fingerprint density at radius 1 is 1.24 bits per heavy atom. The number of hydrogen-bond acceptors (Lipinski definition) is 2. The Kier molecular flexibility index (Phi) is 4.70. The highest BCUT2D eigenvalue weighted by Gasteiger charge is 2.21. The molecule has 0 bridgehead atoms. The third-order valence-corrected chi connectivity index (χ3v) is 2.84. The molecule has 0 aliphatic rings. The molecule has 1 aromatic rings. The van der Waals surface area contributed by atoms with Crippen LogP contribution in [0.2, 0.25) is 5.02 Å². The van der Waals surface area contributed by atoms with E-state index < -0.39 is 6.04 Å². The summed E-state index contributed by atoms with van der Waals surface area (Å²) in [5.74, 6) is -0.316. The summed E-state index contributed by atoms with van der Waals surface area (Å²) in [6.07, 6.45) is 0. The van der Waals surface area contributed by atoms with Crippen molar-refractivity contribution in [2.45, 2.75) is 26.8 Å². The molecule has 0 fully saturated rings. The van der Waals surface area contributed by atoms with Gasteiger partial charge in [-0.3, -0.25) is 9.59 Å². The van der Waals surface area contributed by atoms with Crippen molar-refractivity contribution in [3.05, 3.63) is 34.9 Å². The fourth-order valence-corrected chi connectivity index (χ4v) is 1.82. The van der Waals surface area contributed by atoms with Crippen LogP contribution in [-0.2, 0) is 4.79 Å². The lowest BCUT2D eigenvalue weighted by molar-refractivity contribution is -0.119. The molecule has 0 saturated heterocycles. The molecule has 0 spiro atoms. The summed E-state index contributed by atoms with van der Waals surface area (Å²) in [6.45, 7) is 5.25. The minimum atomic E-state index is -0.473. The first kappa shape index (κ1) is 13.7. The van der Waals surface area contributed by atoms with E-state index in [4.69, 9.17) is 11.6 Å². The first-order valence-corrected chi connectivity index (χ1v) is 5.87. The van der Waals surface area contributed by atoms with E-state index in [1.54, 1.807) is 24.3 Å². The molecular formula is C13H16ClNO2. The minimum Gasteiger partial charge on any atom is -0.342 e. The molecule has 0 saturated carbocycles. The number of Topliss-reactive ketones (excluding diaryl/α,β-unsaturated/α-hetero) is 1. The fraction of sp³-hybridized carbons (Fsp3) is 0.385.